The number of hydrogen-bond donors (Lipinski definition) is 5. The molecule has 1 aliphatic rings. The number of amides is 1. The summed E-state index contributed by atoms with van der Waals surface area (Å²) >= 11 is 1.72. The Labute approximate surface area is 241 Å². The van der Waals surface area contributed by atoms with Gasteiger partial charge in [0.05, 0.1) is 17.9 Å². The summed E-state index contributed by atoms with van der Waals surface area (Å²) in [4.78, 5) is 57.6. The molecular weight excluding hydrogens is 554 g/mol. The Morgan fingerprint density at radius 2 is 1.12 bits per heavy atom. The number of carbonyl (C=O) groups excluding carboxylic acids is 1. The van der Waals surface area contributed by atoms with E-state index in [-0.39, 0.29) is 5.91 Å². The second-order valence-electron chi connectivity index (χ2n) is 7.99. The molecule has 13 heteroatoms. The van der Waals surface area contributed by atoms with Gasteiger partial charge < -0.3 is 30.6 Å². The third-order valence-corrected chi connectivity index (χ3v) is 6.32. The monoisotopic (exact) mass is 587 g/mol. The largest absolute Gasteiger partial charge is 0.478 e. The highest BCUT2D eigenvalue weighted by molar-refractivity contribution is 7.99. The summed E-state index contributed by atoms with van der Waals surface area (Å²) in [5.74, 6) is -4.95. The van der Waals surface area contributed by atoms with Crippen molar-refractivity contribution in [1.29, 1.82) is 0 Å². The summed E-state index contributed by atoms with van der Waals surface area (Å²) in [6.07, 6.45) is 2.23. The van der Waals surface area contributed by atoms with Gasteiger partial charge in [0.15, 0.2) is 0 Å². The topological polar surface area (TPSA) is 185 Å². The maximum atomic E-state index is 12.9. The molecule has 1 heterocycles. The lowest BCUT2D eigenvalue weighted by Gasteiger charge is -2.31. The van der Waals surface area contributed by atoms with Crippen LogP contribution >= 0.6 is 11.8 Å². The molecule has 2 aromatic carbocycles. The molecule has 41 heavy (non-hydrogen) atoms. The van der Waals surface area contributed by atoms with Crippen LogP contribution in [0.15, 0.2) is 82.6 Å². The van der Waals surface area contributed by atoms with Crippen molar-refractivity contribution in [2.45, 2.75) is 23.6 Å². The summed E-state index contributed by atoms with van der Waals surface area (Å²) in [5, 5.41) is 34.6. The van der Waals surface area contributed by atoms with Crippen LogP contribution in [0.3, 0.4) is 0 Å². The van der Waals surface area contributed by atoms with Crippen LogP contribution in [0.25, 0.3) is 0 Å². The zero-order chi connectivity index (χ0) is 30.8. The minimum Gasteiger partial charge on any atom is -0.478 e. The first kappa shape index (κ1) is 34.6. The second kappa shape index (κ2) is 18.8. The number of aliphatic carboxylic acids is 4. The minimum atomic E-state index is -1.26. The summed E-state index contributed by atoms with van der Waals surface area (Å²) in [6, 6.07) is 16.2. The average Bonchev–Trinajstić information content (AvgIpc) is 2.94. The van der Waals surface area contributed by atoms with Gasteiger partial charge in [-0.15, -0.1) is 0 Å². The number of hydrogen-bond acceptors (Lipinski definition) is 8. The number of rotatable bonds is 11. The Morgan fingerprint density at radius 1 is 0.732 bits per heavy atom. The Bertz CT molecular complexity index is 1150. The Hall–Kier alpha value is -4.46. The van der Waals surface area contributed by atoms with Gasteiger partial charge in [-0.1, -0.05) is 49.9 Å². The van der Waals surface area contributed by atoms with Crippen molar-refractivity contribution in [3.05, 3.63) is 72.8 Å². The molecule has 0 radical (unpaired) electrons. The predicted molar refractivity (Wildman–Crippen MR) is 154 cm³/mol. The Kier molecular flexibility index (Phi) is 15.8. The number of carboxylic acid groups (broad SMARTS) is 4. The van der Waals surface area contributed by atoms with E-state index in [0.29, 0.717) is 30.8 Å². The van der Waals surface area contributed by atoms with E-state index in [1.54, 1.807) is 11.8 Å². The lowest BCUT2D eigenvalue weighted by molar-refractivity contribution is -0.134. The molecular formula is C28H33N3O9S. The SMILES string of the molecule is CCN(CC)CCNCC(=O)N1c2ccccc2Sc2ccccc21.O=C(O)C=CC(=O)O.O=C(O)C=CC(=O)O. The third-order valence-electron chi connectivity index (χ3n) is 5.19. The van der Waals surface area contributed by atoms with Gasteiger partial charge in [-0.3, -0.25) is 9.69 Å². The van der Waals surface area contributed by atoms with Crippen LogP contribution in [-0.2, 0) is 24.0 Å². The average molecular weight is 588 g/mol. The first-order valence-electron chi connectivity index (χ1n) is 12.4. The summed E-state index contributed by atoms with van der Waals surface area (Å²) in [7, 11) is 0. The second-order valence-corrected chi connectivity index (χ2v) is 9.07. The molecule has 1 aliphatic heterocycles. The lowest BCUT2D eigenvalue weighted by atomic mass is 10.2. The molecule has 0 unspecified atom stereocenters. The van der Waals surface area contributed by atoms with Gasteiger partial charge in [0.25, 0.3) is 0 Å². The van der Waals surface area contributed by atoms with Gasteiger partial charge >= 0.3 is 23.9 Å². The van der Waals surface area contributed by atoms with Crippen LogP contribution in [0, 0.1) is 0 Å². The fourth-order valence-electron chi connectivity index (χ4n) is 3.31. The minimum absolute atomic E-state index is 0.0831. The first-order chi connectivity index (χ1) is 19.5. The van der Waals surface area contributed by atoms with Crippen LogP contribution < -0.4 is 10.2 Å². The molecule has 3 rings (SSSR count). The standard InChI is InChI=1S/C20H25N3OS.2C4H4O4/c1-3-22(4-2)14-13-21-15-20(24)23-16-9-5-7-11-18(16)25-19-12-8-6-10-17(19)23;2*5-3(6)1-2-4(7)8/h5-12,21H,3-4,13-15H2,1-2H3;2*1-2H,(H,5,6)(H,7,8). The maximum Gasteiger partial charge on any atom is 0.328 e. The molecule has 1 amide bonds. The van der Waals surface area contributed by atoms with Crippen molar-refractivity contribution in [1.82, 2.24) is 10.2 Å². The number of carbonyl (C=O) groups is 5. The summed E-state index contributed by atoms with van der Waals surface area (Å²) < 4.78 is 0. The van der Waals surface area contributed by atoms with Gasteiger partial charge in [0.2, 0.25) is 5.91 Å². The van der Waals surface area contributed by atoms with E-state index in [4.69, 9.17) is 20.4 Å². The normalized spacial score (nSPS) is 11.5. The number of nitrogens with zero attached hydrogens (tertiary/aromatic N) is 2. The zero-order valence-corrected chi connectivity index (χ0v) is 23.4. The van der Waals surface area contributed by atoms with Crippen molar-refractivity contribution >= 4 is 52.9 Å². The van der Waals surface area contributed by atoms with E-state index in [1.165, 1.54) is 0 Å². The van der Waals surface area contributed by atoms with Crippen LogP contribution in [-0.4, -0.2) is 87.8 Å². The first-order valence-corrected chi connectivity index (χ1v) is 13.2. The van der Waals surface area contributed by atoms with Crippen LogP contribution in [0.4, 0.5) is 11.4 Å². The fourth-order valence-corrected chi connectivity index (χ4v) is 4.37. The van der Waals surface area contributed by atoms with E-state index in [2.05, 4.69) is 36.2 Å². The van der Waals surface area contributed by atoms with Crippen molar-refractivity contribution in [2.24, 2.45) is 0 Å². The van der Waals surface area contributed by atoms with Crippen molar-refractivity contribution in [3.63, 3.8) is 0 Å². The number of anilines is 2. The molecule has 2 aromatic rings. The van der Waals surface area contributed by atoms with Crippen LogP contribution in [0.5, 0.6) is 0 Å². The molecule has 0 saturated carbocycles. The smallest absolute Gasteiger partial charge is 0.328 e. The van der Waals surface area contributed by atoms with Crippen LogP contribution in [0.2, 0.25) is 0 Å². The number of benzene rings is 2. The number of fused-ring (bicyclic) bond motifs is 2. The van der Waals surface area contributed by atoms with Crippen molar-refractivity contribution in [3.8, 4) is 0 Å². The van der Waals surface area contributed by atoms with Crippen molar-refractivity contribution < 1.29 is 44.4 Å². The molecule has 0 saturated heterocycles. The third kappa shape index (κ3) is 13.4. The molecule has 0 atom stereocenters. The van der Waals surface area contributed by atoms with E-state index in [9.17, 15) is 24.0 Å². The molecule has 0 spiro atoms. The fraction of sp³-hybridized carbons (Fsp3) is 0.250. The maximum absolute atomic E-state index is 12.9. The molecule has 12 nitrogen and oxygen atoms in total. The number of likely N-dealkylation sites (N-methyl/N-ethyl adjacent to an activating group) is 1. The van der Waals surface area contributed by atoms with Gasteiger partial charge in [-0.05, 0) is 37.4 Å². The number of nitrogens with one attached hydrogen (secondary N) is 1. The van der Waals surface area contributed by atoms with Crippen LogP contribution in [0.1, 0.15) is 13.8 Å². The zero-order valence-electron chi connectivity index (χ0n) is 22.6. The summed E-state index contributed by atoms with van der Waals surface area (Å²) in [5.41, 5.74) is 1.95. The van der Waals surface area contributed by atoms with Crippen molar-refractivity contribution in [2.75, 3.05) is 37.6 Å². The van der Waals surface area contributed by atoms with E-state index in [0.717, 1.165) is 47.3 Å². The molecule has 0 aromatic heterocycles. The molecule has 220 valence electrons. The highest BCUT2D eigenvalue weighted by Gasteiger charge is 2.27. The van der Waals surface area contributed by atoms with Gasteiger partial charge in [-0.25, -0.2) is 19.2 Å². The molecule has 0 bridgehead atoms. The van der Waals surface area contributed by atoms with Gasteiger partial charge in [-0.2, -0.15) is 0 Å². The van der Waals surface area contributed by atoms with Gasteiger partial charge in [0, 0.05) is 47.2 Å². The molecule has 0 fully saturated rings. The lowest BCUT2D eigenvalue weighted by Crippen LogP contribution is -2.39. The highest BCUT2D eigenvalue weighted by atomic mass is 32.2. The number of para-hydroxylation sites is 2. The predicted octanol–water partition coefficient (Wildman–Crippen LogP) is 3.17. The molecule has 5 N–H and O–H groups in total. The number of carboxylic acids is 4. The Morgan fingerprint density at radius 3 is 1.49 bits per heavy atom. The quantitative estimate of drug-likeness (QED) is 0.191. The van der Waals surface area contributed by atoms with Gasteiger partial charge in [0.1, 0.15) is 0 Å². The Balaban J connectivity index is 0.000000433. The van der Waals surface area contributed by atoms with E-state index < -0.39 is 23.9 Å². The van der Waals surface area contributed by atoms with E-state index in [1.807, 2.05) is 41.3 Å². The molecule has 0 aliphatic carbocycles. The van der Waals surface area contributed by atoms with E-state index >= 15 is 0 Å². The highest BCUT2D eigenvalue weighted by Crippen LogP contribution is 2.47. The summed E-state index contributed by atoms with van der Waals surface area (Å²) in [6.45, 7) is 8.52.